The SMILES string of the molecule is CCCCCCCCCCc1cnc(-c2ccc(O[C@](C)(F)CCCC)cc2)nc1. The van der Waals surface area contributed by atoms with Crippen molar-refractivity contribution in [2.75, 3.05) is 0 Å². The fourth-order valence-corrected chi connectivity index (χ4v) is 3.56. The molecule has 0 aliphatic carbocycles. The minimum Gasteiger partial charge on any atom is -0.458 e. The standard InChI is InChI=1S/C26H39FN2O/c1-4-6-8-9-10-11-12-13-14-22-20-28-25(29-21-22)23-15-17-24(18-16-23)30-26(3,27)19-7-5-2/h15-18,20-21H,4-14,19H2,1-3H3/t26-/m0/s1. The van der Waals surface area contributed by atoms with E-state index in [0.29, 0.717) is 18.0 Å². The summed E-state index contributed by atoms with van der Waals surface area (Å²) < 4.78 is 19.9. The van der Waals surface area contributed by atoms with E-state index in [1.165, 1.54) is 63.9 Å². The number of benzene rings is 1. The van der Waals surface area contributed by atoms with Gasteiger partial charge in [0.25, 0.3) is 0 Å². The van der Waals surface area contributed by atoms with Crippen molar-refractivity contribution < 1.29 is 9.13 Å². The molecule has 3 nitrogen and oxygen atoms in total. The molecule has 4 heteroatoms. The van der Waals surface area contributed by atoms with Crippen LogP contribution in [-0.2, 0) is 6.42 Å². The number of alkyl halides is 1. The molecule has 0 aliphatic heterocycles. The molecule has 0 unspecified atom stereocenters. The Morgan fingerprint density at radius 3 is 1.97 bits per heavy atom. The van der Waals surface area contributed by atoms with Crippen molar-refractivity contribution in [3.8, 4) is 17.1 Å². The predicted molar refractivity (Wildman–Crippen MR) is 123 cm³/mol. The van der Waals surface area contributed by atoms with Crippen molar-refractivity contribution in [2.24, 2.45) is 0 Å². The minimum atomic E-state index is -1.63. The van der Waals surface area contributed by atoms with Gasteiger partial charge in [0.05, 0.1) is 0 Å². The van der Waals surface area contributed by atoms with Gasteiger partial charge in [0.15, 0.2) is 5.82 Å². The highest BCUT2D eigenvalue weighted by atomic mass is 19.2. The van der Waals surface area contributed by atoms with Gasteiger partial charge in [0.2, 0.25) is 5.85 Å². The van der Waals surface area contributed by atoms with Crippen molar-refractivity contribution in [3.63, 3.8) is 0 Å². The second kappa shape index (κ2) is 13.4. The van der Waals surface area contributed by atoms with Gasteiger partial charge in [0, 0.05) is 31.3 Å². The second-order valence-electron chi connectivity index (χ2n) is 8.47. The molecule has 0 bridgehead atoms. The molecular weight excluding hydrogens is 375 g/mol. The van der Waals surface area contributed by atoms with Crippen LogP contribution in [0, 0.1) is 0 Å². The molecule has 1 atom stereocenters. The largest absolute Gasteiger partial charge is 0.458 e. The van der Waals surface area contributed by atoms with Gasteiger partial charge in [-0.2, -0.15) is 4.39 Å². The summed E-state index contributed by atoms with van der Waals surface area (Å²) in [6.07, 6.45) is 17.6. The number of unbranched alkanes of at least 4 members (excludes halogenated alkanes) is 8. The summed E-state index contributed by atoms with van der Waals surface area (Å²) in [4.78, 5) is 9.03. The molecule has 1 heterocycles. The summed E-state index contributed by atoms with van der Waals surface area (Å²) in [7, 11) is 0. The van der Waals surface area contributed by atoms with Crippen LogP contribution >= 0.6 is 0 Å². The highest BCUT2D eigenvalue weighted by molar-refractivity contribution is 5.55. The number of hydrogen-bond acceptors (Lipinski definition) is 3. The maximum atomic E-state index is 14.4. The Balaban J connectivity index is 1.76. The Kier molecular flexibility index (Phi) is 10.8. The van der Waals surface area contributed by atoms with Gasteiger partial charge in [-0.05, 0) is 49.1 Å². The van der Waals surface area contributed by atoms with Crippen molar-refractivity contribution in [3.05, 3.63) is 42.2 Å². The van der Waals surface area contributed by atoms with E-state index in [9.17, 15) is 4.39 Å². The summed E-state index contributed by atoms with van der Waals surface area (Å²) in [5, 5.41) is 0. The lowest BCUT2D eigenvalue weighted by atomic mass is 10.1. The van der Waals surface area contributed by atoms with E-state index in [-0.39, 0.29) is 0 Å². The zero-order chi connectivity index (χ0) is 21.7. The average Bonchev–Trinajstić information content (AvgIpc) is 2.75. The van der Waals surface area contributed by atoms with Gasteiger partial charge >= 0.3 is 0 Å². The molecule has 1 aromatic carbocycles. The first kappa shape index (κ1) is 24.3. The molecule has 30 heavy (non-hydrogen) atoms. The predicted octanol–water partition coefficient (Wildman–Crippen LogP) is 8.08. The van der Waals surface area contributed by atoms with Gasteiger partial charge in [-0.15, -0.1) is 0 Å². The lowest BCUT2D eigenvalue weighted by Crippen LogP contribution is -2.26. The Hall–Kier alpha value is -1.97. The summed E-state index contributed by atoms with van der Waals surface area (Å²) >= 11 is 0. The maximum Gasteiger partial charge on any atom is 0.245 e. The molecule has 1 aromatic heterocycles. The number of aryl methyl sites for hydroxylation is 1. The third-order valence-electron chi connectivity index (χ3n) is 5.44. The van der Waals surface area contributed by atoms with Gasteiger partial charge in [-0.1, -0.05) is 65.2 Å². The normalized spacial score (nSPS) is 13.2. The third kappa shape index (κ3) is 9.23. The van der Waals surface area contributed by atoms with E-state index in [2.05, 4.69) is 16.9 Å². The molecule has 2 rings (SSSR count). The monoisotopic (exact) mass is 414 g/mol. The van der Waals surface area contributed by atoms with Crippen molar-refractivity contribution in [1.29, 1.82) is 0 Å². The van der Waals surface area contributed by atoms with Crippen LogP contribution in [0.25, 0.3) is 11.4 Å². The molecule has 2 aromatic rings. The van der Waals surface area contributed by atoms with Crippen LogP contribution in [0.2, 0.25) is 0 Å². The summed E-state index contributed by atoms with van der Waals surface area (Å²) in [6, 6.07) is 7.35. The molecule has 0 spiro atoms. The fraction of sp³-hybridized carbons (Fsp3) is 0.615. The van der Waals surface area contributed by atoms with Crippen LogP contribution in [0.5, 0.6) is 5.75 Å². The van der Waals surface area contributed by atoms with Gasteiger partial charge in [-0.25, -0.2) is 9.97 Å². The van der Waals surface area contributed by atoms with Crippen molar-refractivity contribution >= 4 is 0 Å². The van der Waals surface area contributed by atoms with Gasteiger partial charge < -0.3 is 4.74 Å². The van der Waals surface area contributed by atoms with Crippen LogP contribution in [0.15, 0.2) is 36.7 Å². The van der Waals surface area contributed by atoms with Crippen molar-refractivity contribution in [2.45, 2.75) is 104 Å². The average molecular weight is 415 g/mol. The lowest BCUT2D eigenvalue weighted by Gasteiger charge is -2.22. The van der Waals surface area contributed by atoms with Crippen LogP contribution < -0.4 is 4.74 Å². The summed E-state index contributed by atoms with van der Waals surface area (Å²) in [6.45, 7) is 5.80. The number of nitrogens with zero attached hydrogens (tertiary/aromatic N) is 2. The highest BCUT2D eigenvalue weighted by Crippen LogP contribution is 2.26. The van der Waals surface area contributed by atoms with E-state index in [0.717, 1.165) is 24.8 Å². The summed E-state index contributed by atoms with van der Waals surface area (Å²) in [5.74, 6) is -0.410. The van der Waals surface area contributed by atoms with E-state index < -0.39 is 5.85 Å². The number of halogens is 1. The topological polar surface area (TPSA) is 35.0 Å². The number of aromatic nitrogens is 2. The third-order valence-corrected chi connectivity index (χ3v) is 5.44. The van der Waals surface area contributed by atoms with Crippen LogP contribution in [0.3, 0.4) is 0 Å². The molecular formula is C26H39FN2O. The first-order valence-electron chi connectivity index (χ1n) is 11.8. The molecule has 0 saturated carbocycles. The first-order chi connectivity index (χ1) is 14.5. The van der Waals surface area contributed by atoms with Crippen molar-refractivity contribution in [1.82, 2.24) is 9.97 Å². The molecule has 0 aliphatic rings. The Bertz CT molecular complexity index is 698. The van der Waals surface area contributed by atoms with Gasteiger partial charge in [-0.3, -0.25) is 0 Å². The Morgan fingerprint density at radius 2 is 1.37 bits per heavy atom. The number of rotatable bonds is 15. The number of hydrogen-bond donors (Lipinski definition) is 0. The van der Waals surface area contributed by atoms with E-state index in [4.69, 9.17) is 4.74 Å². The van der Waals surface area contributed by atoms with Crippen LogP contribution in [0.4, 0.5) is 4.39 Å². The zero-order valence-corrected chi connectivity index (χ0v) is 19.1. The van der Waals surface area contributed by atoms with E-state index in [1.54, 1.807) is 12.1 Å². The molecule has 0 radical (unpaired) electrons. The van der Waals surface area contributed by atoms with E-state index >= 15 is 0 Å². The smallest absolute Gasteiger partial charge is 0.245 e. The van der Waals surface area contributed by atoms with Gasteiger partial charge in [0.1, 0.15) is 5.75 Å². The molecule has 0 amide bonds. The fourth-order valence-electron chi connectivity index (χ4n) is 3.56. The van der Waals surface area contributed by atoms with Crippen LogP contribution in [0.1, 0.15) is 97.0 Å². The minimum absolute atomic E-state index is 0.398. The quantitative estimate of drug-likeness (QED) is 0.276. The number of ether oxygens (including phenoxy) is 1. The first-order valence-corrected chi connectivity index (χ1v) is 11.8. The Labute approximate surface area is 182 Å². The zero-order valence-electron chi connectivity index (χ0n) is 19.1. The molecule has 166 valence electrons. The summed E-state index contributed by atoms with van der Waals surface area (Å²) in [5.41, 5.74) is 2.10. The van der Waals surface area contributed by atoms with E-state index in [1.807, 2.05) is 31.5 Å². The molecule has 0 fully saturated rings. The van der Waals surface area contributed by atoms with Crippen LogP contribution in [-0.4, -0.2) is 15.8 Å². The second-order valence-corrected chi connectivity index (χ2v) is 8.47. The molecule has 0 N–H and O–H groups in total. The molecule has 0 saturated heterocycles. The Morgan fingerprint density at radius 1 is 0.800 bits per heavy atom. The highest BCUT2D eigenvalue weighted by Gasteiger charge is 2.24. The maximum absolute atomic E-state index is 14.4. The lowest BCUT2D eigenvalue weighted by molar-refractivity contribution is -0.0527.